The Kier molecular flexibility index (Phi) is 4.14. The molecule has 0 amide bonds. The summed E-state index contributed by atoms with van der Waals surface area (Å²) in [5, 5.41) is 0.803. The summed E-state index contributed by atoms with van der Waals surface area (Å²) in [6.07, 6.45) is 0. The number of halogens is 6. The Bertz CT molecular complexity index is 532. The van der Waals surface area contributed by atoms with Crippen LogP contribution in [0.2, 0.25) is 0 Å². The zero-order chi connectivity index (χ0) is 13.6. The molecule has 18 heavy (non-hydrogen) atoms. The molecule has 0 radical (unpaired) electrons. The molecule has 0 atom stereocenters. The van der Waals surface area contributed by atoms with Gasteiger partial charge < -0.3 is 0 Å². The van der Waals surface area contributed by atoms with Crippen LogP contribution in [0.15, 0.2) is 30.3 Å². The average molecular weight is 364 g/mol. The van der Waals surface area contributed by atoms with Crippen molar-refractivity contribution >= 4 is 80.5 Å². The molecule has 7 heteroatoms. The van der Waals surface area contributed by atoms with Crippen molar-refractivity contribution in [3.63, 3.8) is 0 Å². The fourth-order valence-corrected chi connectivity index (χ4v) is 2.41. The maximum atomic E-state index is 5.89. The number of fused-ring (bicyclic) bond motifs is 1. The first-order valence-electron chi connectivity index (χ1n) is 4.74. The van der Waals surface area contributed by atoms with Gasteiger partial charge in [-0.1, -0.05) is 87.8 Å². The number of hydrogen-bond acceptors (Lipinski definition) is 1. The third-order valence-electron chi connectivity index (χ3n) is 2.30. The number of benzene rings is 1. The summed E-state index contributed by atoms with van der Waals surface area (Å²) in [5.41, 5.74) is 1.04. The molecule has 2 rings (SSSR count). The van der Waals surface area contributed by atoms with Crippen molar-refractivity contribution in [3.8, 4) is 0 Å². The van der Waals surface area contributed by atoms with E-state index in [4.69, 9.17) is 69.6 Å². The Morgan fingerprint density at radius 3 is 2.00 bits per heavy atom. The van der Waals surface area contributed by atoms with E-state index in [2.05, 4.69) is 4.98 Å². The van der Waals surface area contributed by atoms with Gasteiger partial charge in [0.15, 0.2) is 0 Å². The molecule has 0 saturated carbocycles. The molecule has 0 saturated heterocycles. The van der Waals surface area contributed by atoms with E-state index in [1.165, 1.54) is 0 Å². The molecule has 1 aromatic carbocycles. The average Bonchev–Trinajstić information content (AvgIpc) is 2.25. The predicted molar refractivity (Wildman–Crippen MR) is 80.2 cm³/mol. The number of alkyl halides is 6. The maximum Gasteiger partial charge on any atom is 0.233 e. The van der Waals surface area contributed by atoms with Gasteiger partial charge in [0.05, 0.1) is 11.2 Å². The lowest BCUT2D eigenvalue weighted by Crippen LogP contribution is -2.14. The van der Waals surface area contributed by atoms with E-state index < -0.39 is 7.59 Å². The minimum atomic E-state index is -1.76. The van der Waals surface area contributed by atoms with Gasteiger partial charge in [0.2, 0.25) is 7.59 Å². The van der Waals surface area contributed by atoms with Crippen LogP contribution in [0.3, 0.4) is 0 Å². The highest BCUT2D eigenvalue weighted by Crippen LogP contribution is 2.47. The minimum Gasteiger partial charge on any atom is -0.248 e. The second kappa shape index (κ2) is 5.05. The standard InChI is InChI=1S/C11H5Cl6N/c12-10(13,14)7-5-6-3-1-2-4-8(6)18-9(7)11(15,16)17/h1-5H. The molecule has 1 aromatic heterocycles. The van der Waals surface area contributed by atoms with E-state index >= 15 is 0 Å². The molecule has 0 unspecified atom stereocenters. The van der Waals surface area contributed by atoms with Crippen LogP contribution in [0, 0.1) is 0 Å². The predicted octanol–water partition coefficient (Wildman–Crippen LogP) is 5.89. The Morgan fingerprint density at radius 2 is 1.44 bits per heavy atom. The van der Waals surface area contributed by atoms with Gasteiger partial charge in [-0.3, -0.25) is 0 Å². The van der Waals surface area contributed by atoms with Gasteiger partial charge in [0.25, 0.3) is 0 Å². The van der Waals surface area contributed by atoms with Gasteiger partial charge in [0.1, 0.15) is 0 Å². The minimum absolute atomic E-state index is 0.117. The highest BCUT2D eigenvalue weighted by atomic mass is 35.6. The summed E-state index contributed by atoms with van der Waals surface area (Å²) in [6.45, 7) is 0. The molecule has 2 aromatic rings. The van der Waals surface area contributed by atoms with Gasteiger partial charge >= 0.3 is 0 Å². The van der Waals surface area contributed by atoms with Crippen molar-refractivity contribution in [2.75, 3.05) is 0 Å². The van der Waals surface area contributed by atoms with Gasteiger partial charge in [-0.05, 0) is 12.1 Å². The fraction of sp³-hybridized carbons (Fsp3) is 0.182. The third-order valence-corrected chi connectivity index (χ3v) is 3.45. The summed E-state index contributed by atoms with van der Waals surface area (Å²) in [4.78, 5) is 4.26. The number of hydrogen-bond donors (Lipinski definition) is 0. The van der Waals surface area contributed by atoms with Crippen LogP contribution in [0.1, 0.15) is 11.3 Å². The Morgan fingerprint density at radius 1 is 0.833 bits per heavy atom. The quantitative estimate of drug-likeness (QED) is 0.532. The SMILES string of the molecule is ClC(Cl)(Cl)c1cc2ccccc2nc1C(Cl)(Cl)Cl. The monoisotopic (exact) mass is 361 g/mol. The molecular weight excluding hydrogens is 359 g/mol. The van der Waals surface area contributed by atoms with Crippen molar-refractivity contribution in [2.45, 2.75) is 7.59 Å². The summed E-state index contributed by atoms with van der Waals surface area (Å²) in [5.74, 6) is 0. The van der Waals surface area contributed by atoms with Crippen LogP contribution in [0.25, 0.3) is 10.9 Å². The summed E-state index contributed by atoms with van der Waals surface area (Å²) >= 11 is 35.2. The number of para-hydroxylation sites is 1. The van der Waals surface area contributed by atoms with Crippen LogP contribution < -0.4 is 0 Å². The Hall–Kier alpha value is 0.370. The largest absolute Gasteiger partial charge is 0.248 e. The van der Waals surface area contributed by atoms with Crippen LogP contribution >= 0.6 is 69.6 Å². The van der Waals surface area contributed by atoms with Gasteiger partial charge in [0, 0.05) is 10.9 Å². The van der Waals surface area contributed by atoms with Crippen molar-refractivity contribution in [1.29, 1.82) is 0 Å². The van der Waals surface area contributed by atoms with Crippen LogP contribution in [0.4, 0.5) is 0 Å². The zero-order valence-electron chi connectivity index (χ0n) is 8.60. The lowest BCUT2D eigenvalue weighted by molar-refractivity contribution is 1.04. The first-order valence-corrected chi connectivity index (χ1v) is 7.00. The first kappa shape index (κ1) is 14.8. The summed E-state index contributed by atoms with van der Waals surface area (Å²) < 4.78 is -3.47. The molecule has 0 aliphatic carbocycles. The highest BCUT2D eigenvalue weighted by Gasteiger charge is 2.36. The molecule has 0 fully saturated rings. The van der Waals surface area contributed by atoms with Crippen molar-refractivity contribution in [2.24, 2.45) is 0 Å². The molecule has 96 valence electrons. The normalized spacial score (nSPS) is 13.0. The Labute approximate surface area is 134 Å². The molecule has 0 N–H and O–H groups in total. The number of rotatable bonds is 0. The topological polar surface area (TPSA) is 12.9 Å². The second-order valence-corrected chi connectivity index (χ2v) is 8.14. The molecule has 0 spiro atoms. The number of pyridine rings is 1. The molecule has 0 bridgehead atoms. The fourth-order valence-electron chi connectivity index (χ4n) is 1.55. The van der Waals surface area contributed by atoms with E-state index in [0.29, 0.717) is 5.52 Å². The third kappa shape index (κ3) is 3.09. The Balaban J connectivity index is 2.81. The molecule has 1 nitrogen and oxygen atoms in total. The van der Waals surface area contributed by atoms with E-state index in [0.717, 1.165) is 5.39 Å². The van der Waals surface area contributed by atoms with E-state index in [9.17, 15) is 0 Å². The van der Waals surface area contributed by atoms with Crippen molar-refractivity contribution in [3.05, 3.63) is 41.6 Å². The van der Waals surface area contributed by atoms with Crippen LogP contribution in [0.5, 0.6) is 0 Å². The first-order chi connectivity index (χ1) is 8.19. The zero-order valence-corrected chi connectivity index (χ0v) is 13.1. The summed E-state index contributed by atoms with van der Waals surface area (Å²) in [6, 6.07) is 8.96. The van der Waals surface area contributed by atoms with Gasteiger partial charge in [-0.25, -0.2) is 4.98 Å². The molecular formula is C11H5Cl6N. The lowest BCUT2D eigenvalue weighted by Gasteiger charge is -2.20. The summed E-state index contributed by atoms with van der Waals surface area (Å²) in [7, 11) is 0. The van der Waals surface area contributed by atoms with E-state index in [1.807, 2.05) is 18.2 Å². The number of nitrogens with zero attached hydrogens (tertiary/aromatic N) is 1. The van der Waals surface area contributed by atoms with E-state index in [-0.39, 0.29) is 11.3 Å². The van der Waals surface area contributed by atoms with Crippen LogP contribution in [-0.2, 0) is 7.59 Å². The number of aromatic nitrogens is 1. The molecule has 0 aliphatic rings. The van der Waals surface area contributed by atoms with Crippen LogP contribution in [-0.4, -0.2) is 4.98 Å². The molecule has 0 aliphatic heterocycles. The van der Waals surface area contributed by atoms with E-state index in [1.54, 1.807) is 12.1 Å². The van der Waals surface area contributed by atoms with Crippen molar-refractivity contribution < 1.29 is 0 Å². The van der Waals surface area contributed by atoms with Crippen molar-refractivity contribution in [1.82, 2.24) is 4.98 Å². The smallest absolute Gasteiger partial charge is 0.233 e. The lowest BCUT2D eigenvalue weighted by atomic mass is 10.1. The van der Waals surface area contributed by atoms with Gasteiger partial charge in [-0.15, -0.1) is 0 Å². The maximum absolute atomic E-state index is 5.89. The molecule has 1 heterocycles. The second-order valence-electron chi connectivity index (χ2n) is 3.57. The van der Waals surface area contributed by atoms with Gasteiger partial charge in [-0.2, -0.15) is 0 Å². The highest BCUT2D eigenvalue weighted by molar-refractivity contribution is 6.69.